The van der Waals surface area contributed by atoms with E-state index in [0.717, 1.165) is 18.4 Å². The minimum atomic E-state index is -3.66. The zero-order valence-corrected chi connectivity index (χ0v) is 12.8. The lowest BCUT2D eigenvalue weighted by Crippen LogP contribution is -2.33. The summed E-state index contributed by atoms with van der Waals surface area (Å²) in [6.07, 6.45) is 6.56. The topological polar surface area (TPSA) is 63.2 Å². The van der Waals surface area contributed by atoms with Crippen molar-refractivity contribution in [1.29, 1.82) is 0 Å². The van der Waals surface area contributed by atoms with Crippen LogP contribution in [0, 0.1) is 0 Å². The monoisotopic (exact) mass is 323 g/mol. The highest BCUT2D eigenvalue weighted by molar-refractivity contribution is 7.89. The van der Waals surface area contributed by atoms with E-state index >= 15 is 0 Å². The smallest absolute Gasteiger partial charge is 0.246 e. The van der Waals surface area contributed by atoms with Gasteiger partial charge in [-0.25, -0.2) is 13.4 Å². The van der Waals surface area contributed by atoms with E-state index in [1.807, 2.05) is 6.07 Å². The molecule has 2 aromatic heterocycles. The van der Waals surface area contributed by atoms with Gasteiger partial charge in [-0.3, -0.25) is 4.98 Å². The summed E-state index contributed by atoms with van der Waals surface area (Å²) in [7, 11) is -3.66. The van der Waals surface area contributed by atoms with Gasteiger partial charge in [0, 0.05) is 31.2 Å². The summed E-state index contributed by atoms with van der Waals surface area (Å²) in [5.41, 5.74) is 0.855. The van der Waals surface area contributed by atoms with Gasteiger partial charge >= 0.3 is 0 Å². The van der Waals surface area contributed by atoms with E-state index in [-0.39, 0.29) is 16.1 Å². The third-order valence-corrected chi connectivity index (χ3v) is 5.67. The molecule has 0 bridgehead atoms. The maximum atomic E-state index is 12.8. The predicted molar refractivity (Wildman–Crippen MR) is 79.2 cm³/mol. The van der Waals surface area contributed by atoms with E-state index in [2.05, 4.69) is 9.97 Å². The lowest BCUT2D eigenvalue weighted by molar-refractivity contribution is 0.398. The summed E-state index contributed by atoms with van der Waals surface area (Å²) in [5.74, 6) is 0. The van der Waals surface area contributed by atoms with Crippen LogP contribution < -0.4 is 0 Å². The molecule has 2 aromatic rings. The van der Waals surface area contributed by atoms with E-state index in [1.165, 1.54) is 16.6 Å². The van der Waals surface area contributed by atoms with Crippen LogP contribution in [0.4, 0.5) is 0 Å². The van der Waals surface area contributed by atoms with E-state index in [1.54, 1.807) is 24.5 Å². The van der Waals surface area contributed by atoms with Crippen molar-refractivity contribution in [3.05, 3.63) is 53.6 Å². The van der Waals surface area contributed by atoms with Crippen molar-refractivity contribution in [2.45, 2.75) is 30.3 Å². The molecule has 1 aliphatic carbocycles. The van der Waals surface area contributed by atoms with Crippen LogP contribution in [0.15, 0.2) is 47.8 Å². The summed E-state index contributed by atoms with van der Waals surface area (Å²) in [5, 5.41) is 0.00865. The molecule has 0 saturated heterocycles. The Balaban J connectivity index is 1.96. The van der Waals surface area contributed by atoms with Crippen LogP contribution in [0.1, 0.15) is 18.4 Å². The van der Waals surface area contributed by atoms with E-state index in [0.29, 0.717) is 6.54 Å². The molecule has 110 valence electrons. The Morgan fingerprint density at radius 1 is 1.24 bits per heavy atom. The van der Waals surface area contributed by atoms with Gasteiger partial charge in [-0.15, -0.1) is 0 Å². The third-order valence-electron chi connectivity index (χ3n) is 3.33. The molecule has 1 saturated carbocycles. The van der Waals surface area contributed by atoms with Crippen LogP contribution in [0.2, 0.25) is 5.15 Å². The summed E-state index contributed by atoms with van der Waals surface area (Å²) >= 11 is 5.95. The quantitative estimate of drug-likeness (QED) is 0.793. The fourth-order valence-corrected chi connectivity index (χ4v) is 4.24. The van der Waals surface area contributed by atoms with Crippen molar-refractivity contribution in [3.8, 4) is 0 Å². The molecule has 5 nitrogen and oxygen atoms in total. The Bertz CT molecular complexity index is 733. The lowest BCUT2D eigenvalue weighted by Gasteiger charge is -2.22. The predicted octanol–water partition coefficient (Wildman–Crippen LogP) is 2.48. The van der Waals surface area contributed by atoms with E-state index < -0.39 is 10.0 Å². The van der Waals surface area contributed by atoms with Crippen LogP contribution in [-0.4, -0.2) is 28.7 Å². The molecule has 21 heavy (non-hydrogen) atoms. The van der Waals surface area contributed by atoms with Gasteiger partial charge in [-0.1, -0.05) is 17.7 Å². The zero-order chi connectivity index (χ0) is 14.9. The standard InChI is InChI=1S/C14H14ClN3O2S/c15-14-13(4-2-8-17-14)21(19,20)18(12-5-6-12)10-11-3-1-7-16-9-11/h1-4,7-9,12H,5-6,10H2. The fraction of sp³-hybridized carbons (Fsp3) is 0.286. The number of hydrogen-bond acceptors (Lipinski definition) is 4. The SMILES string of the molecule is O=S(=O)(c1cccnc1Cl)N(Cc1cccnc1)C1CC1. The first-order valence-corrected chi connectivity index (χ1v) is 8.42. The fourth-order valence-electron chi connectivity index (χ4n) is 2.13. The third kappa shape index (κ3) is 3.07. The Morgan fingerprint density at radius 3 is 2.62 bits per heavy atom. The summed E-state index contributed by atoms with van der Waals surface area (Å²) < 4.78 is 27.1. The molecule has 0 spiro atoms. The van der Waals surface area contributed by atoms with Gasteiger partial charge in [0.1, 0.15) is 10.0 Å². The maximum absolute atomic E-state index is 12.8. The van der Waals surface area contributed by atoms with Gasteiger partial charge in [0.05, 0.1) is 0 Å². The molecule has 0 aliphatic heterocycles. The first-order valence-electron chi connectivity index (χ1n) is 6.60. The first-order chi connectivity index (χ1) is 10.1. The van der Waals surface area contributed by atoms with Gasteiger partial charge in [0.2, 0.25) is 10.0 Å². The normalized spacial score (nSPS) is 15.3. The minimum Gasteiger partial charge on any atom is -0.264 e. The second-order valence-corrected chi connectivity index (χ2v) is 7.15. The molecule has 0 N–H and O–H groups in total. The van der Waals surface area contributed by atoms with Crippen LogP contribution in [0.25, 0.3) is 0 Å². The molecule has 0 unspecified atom stereocenters. The zero-order valence-electron chi connectivity index (χ0n) is 11.2. The second-order valence-electron chi connectivity index (χ2n) is 4.94. The molecule has 0 aromatic carbocycles. The number of pyridine rings is 2. The average molecular weight is 324 g/mol. The van der Waals surface area contributed by atoms with Crippen molar-refractivity contribution >= 4 is 21.6 Å². The second kappa shape index (κ2) is 5.71. The number of halogens is 1. The van der Waals surface area contributed by atoms with Crippen molar-refractivity contribution in [2.75, 3.05) is 0 Å². The highest BCUT2D eigenvalue weighted by atomic mass is 35.5. The number of sulfonamides is 1. The number of hydrogen-bond donors (Lipinski definition) is 0. The number of rotatable bonds is 5. The molecule has 0 amide bonds. The van der Waals surface area contributed by atoms with Crippen molar-refractivity contribution in [1.82, 2.24) is 14.3 Å². The number of nitrogens with zero attached hydrogens (tertiary/aromatic N) is 3. The van der Waals surface area contributed by atoms with Crippen LogP contribution in [-0.2, 0) is 16.6 Å². The van der Waals surface area contributed by atoms with Crippen molar-refractivity contribution in [2.24, 2.45) is 0 Å². The van der Waals surface area contributed by atoms with Crippen LogP contribution in [0.5, 0.6) is 0 Å². The van der Waals surface area contributed by atoms with Gasteiger partial charge in [0.15, 0.2) is 0 Å². The van der Waals surface area contributed by atoms with Gasteiger partial charge < -0.3 is 0 Å². The minimum absolute atomic E-state index is 0.00865. The summed E-state index contributed by atoms with van der Waals surface area (Å²) in [6, 6.07) is 6.76. The Hall–Kier alpha value is -1.50. The van der Waals surface area contributed by atoms with E-state index in [4.69, 9.17) is 11.6 Å². The van der Waals surface area contributed by atoms with Gasteiger partial charge in [-0.2, -0.15) is 4.31 Å². The van der Waals surface area contributed by atoms with Gasteiger partial charge in [-0.05, 0) is 36.6 Å². The molecule has 0 radical (unpaired) electrons. The molecule has 1 aliphatic rings. The van der Waals surface area contributed by atoms with Crippen LogP contribution in [0.3, 0.4) is 0 Å². The summed E-state index contributed by atoms with van der Waals surface area (Å²) in [6.45, 7) is 0.298. The molecule has 0 atom stereocenters. The van der Waals surface area contributed by atoms with Crippen molar-refractivity contribution in [3.63, 3.8) is 0 Å². The lowest BCUT2D eigenvalue weighted by atomic mass is 10.3. The van der Waals surface area contributed by atoms with Crippen LogP contribution >= 0.6 is 11.6 Å². The molecule has 7 heteroatoms. The molecule has 3 rings (SSSR count). The first kappa shape index (κ1) is 14.4. The average Bonchev–Trinajstić information content (AvgIpc) is 3.30. The van der Waals surface area contributed by atoms with Crippen molar-refractivity contribution < 1.29 is 8.42 Å². The Kier molecular flexibility index (Phi) is 3.93. The highest BCUT2D eigenvalue weighted by Crippen LogP contribution is 2.34. The van der Waals surface area contributed by atoms with E-state index in [9.17, 15) is 8.42 Å². The Morgan fingerprint density at radius 2 is 2.00 bits per heavy atom. The molecular weight excluding hydrogens is 310 g/mol. The summed E-state index contributed by atoms with van der Waals surface area (Å²) in [4.78, 5) is 7.95. The largest absolute Gasteiger partial charge is 0.264 e. The maximum Gasteiger partial charge on any atom is 0.246 e. The molecule has 2 heterocycles. The highest BCUT2D eigenvalue weighted by Gasteiger charge is 2.39. The Labute approximate surface area is 128 Å². The van der Waals surface area contributed by atoms with Gasteiger partial charge in [0.25, 0.3) is 0 Å². The molecule has 1 fully saturated rings. The number of aromatic nitrogens is 2. The molecular formula is C14H14ClN3O2S.